The van der Waals surface area contributed by atoms with Crippen LogP contribution in [0.15, 0.2) is 30.1 Å². The molecule has 1 aromatic carbocycles. The molecule has 2 aliphatic carbocycles. The van der Waals surface area contributed by atoms with E-state index in [9.17, 15) is 22.0 Å². The van der Waals surface area contributed by atoms with E-state index in [1.807, 2.05) is 6.07 Å². The lowest BCUT2D eigenvalue weighted by Crippen LogP contribution is -2.38. The number of hydrogen-bond donors (Lipinski definition) is 0. The SMILES string of the molecule is CCCCCC1COC(C2CCC(c3ccc(CCC4CCC(/C(F)=C/C(F)(F)F)CC4)c(F)c3)CC2)OC1. The summed E-state index contributed by atoms with van der Waals surface area (Å²) in [4.78, 5) is 0. The zero-order valence-corrected chi connectivity index (χ0v) is 23.3. The van der Waals surface area contributed by atoms with Crippen LogP contribution in [0.1, 0.15) is 107 Å². The van der Waals surface area contributed by atoms with Crippen molar-refractivity contribution < 1.29 is 31.4 Å². The van der Waals surface area contributed by atoms with Crippen molar-refractivity contribution in [3.05, 3.63) is 47.0 Å². The normalized spacial score (nSPS) is 30.9. The first-order chi connectivity index (χ1) is 18.7. The van der Waals surface area contributed by atoms with Crippen molar-refractivity contribution in [2.75, 3.05) is 13.2 Å². The highest BCUT2D eigenvalue weighted by atomic mass is 19.4. The zero-order chi connectivity index (χ0) is 27.8. The molecule has 1 aliphatic heterocycles. The number of alkyl halides is 3. The fourth-order valence-electron chi connectivity index (χ4n) is 6.79. The first-order valence-corrected chi connectivity index (χ1v) is 15.2. The van der Waals surface area contributed by atoms with E-state index in [1.165, 1.54) is 25.7 Å². The van der Waals surface area contributed by atoms with Crippen LogP contribution in [0.5, 0.6) is 0 Å². The highest BCUT2D eigenvalue weighted by molar-refractivity contribution is 5.27. The Hall–Kier alpha value is -1.47. The van der Waals surface area contributed by atoms with Crippen LogP contribution in [0.4, 0.5) is 22.0 Å². The molecule has 3 fully saturated rings. The first-order valence-electron chi connectivity index (χ1n) is 15.2. The summed E-state index contributed by atoms with van der Waals surface area (Å²) in [5, 5.41) is 0. The van der Waals surface area contributed by atoms with Crippen LogP contribution in [-0.4, -0.2) is 25.7 Å². The minimum absolute atomic E-state index is 0.0975. The van der Waals surface area contributed by atoms with E-state index in [-0.39, 0.29) is 18.2 Å². The van der Waals surface area contributed by atoms with Gasteiger partial charge in [-0.3, -0.25) is 0 Å². The van der Waals surface area contributed by atoms with Gasteiger partial charge in [0, 0.05) is 17.8 Å². The van der Waals surface area contributed by atoms with Crippen molar-refractivity contribution in [3.63, 3.8) is 0 Å². The van der Waals surface area contributed by atoms with E-state index in [0.717, 1.165) is 50.9 Å². The summed E-state index contributed by atoms with van der Waals surface area (Å²) in [6, 6.07) is 5.66. The Morgan fingerprint density at radius 3 is 2.21 bits per heavy atom. The third-order valence-electron chi connectivity index (χ3n) is 9.27. The first kappa shape index (κ1) is 30.5. The van der Waals surface area contributed by atoms with Gasteiger partial charge in [0.05, 0.1) is 19.3 Å². The van der Waals surface area contributed by atoms with Crippen LogP contribution in [0.3, 0.4) is 0 Å². The summed E-state index contributed by atoms with van der Waals surface area (Å²) in [7, 11) is 0. The van der Waals surface area contributed by atoms with E-state index in [1.54, 1.807) is 6.07 Å². The van der Waals surface area contributed by atoms with E-state index in [2.05, 4.69) is 13.0 Å². The summed E-state index contributed by atoms with van der Waals surface area (Å²) in [5.41, 5.74) is 1.75. The van der Waals surface area contributed by atoms with Crippen molar-refractivity contribution in [2.24, 2.45) is 23.7 Å². The number of allylic oxidation sites excluding steroid dienone is 2. The van der Waals surface area contributed by atoms with Crippen molar-refractivity contribution in [1.29, 1.82) is 0 Å². The van der Waals surface area contributed by atoms with Gasteiger partial charge in [0.25, 0.3) is 0 Å². The number of unbranched alkanes of at least 4 members (excludes halogenated alkanes) is 2. The van der Waals surface area contributed by atoms with Gasteiger partial charge >= 0.3 is 6.18 Å². The van der Waals surface area contributed by atoms with E-state index < -0.39 is 17.9 Å². The standard InChI is InChI=1S/C32H45F5O2/c1-2-3-4-5-23-20-38-31(39-21-23)27-15-12-24(13-16-27)28-17-14-25(29(33)18-28)9-6-22-7-10-26(11-8-22)30(34)19-32(35,36)37/h14,17-19,22-24,26-27,31H,2-13,15-16,20-21H2,1H3/b30-19-. The smallest absolute Gasteiger partial charge is 0.352 e. The van der Waals surface area contributed by atoms with Gasteiger partial charge in [-0.15, -0.1) is 0 Å². The number of rotatable bonds is 10. The highest BCUT2D eigenvalue weighted by Crippen LogP contribution is 2.40. The summed E-state index contributed by atoms with van der Waals surface area (Å²) in [6.45, 7) is 3.82. The Morgan fingerprint density at radius 2 is 1.59 bits per heavy atom. The molecule has 0 bridgehead atoms. The summed E-state index contributed by atoms with van der Waals surface area (Å²) in [5.74, 6) is -0.288. The zero-order valence-electron chi connectivity index (χ0n) is 23.3. The van der Waals surface area contributed by atoms with Gasteiger partial charge in [-0.1, -0.05) is 38.3 Å². The van der Waals surface area contributed by atoms with Crippen molar-refractivity contribution in [1.82, 2.24) is 0 Å². The molecule has 0 atom stereocenters. The Labute approximate surface area is 230 Å². The van der Waals surface area contributed by atoms with Gasteiger partial charge in [-0.05, 0) is 99.7 Å². The molecule has 1 saturated heterocycles. The molecule has 0 N–H and O–H groups in total. The molecule has 1 aromatic rings. The fourth-order valence-corrected chi connectivity index (χ4v) is 6.79. The predicted octanol–water partition coefficient (Wildman–Crippen LogP) is 9.82. The maximum atomic E-state index is 15.0. The second-order valence-corrected chi connectivity index (χ2v) is 12.2. The Bertz CT molecular complexity index is 906. The Kier molecular flexibility index (Phi) is 11.3. The topological polar surface area (TPSA) is 18.5 Å². The summed E-state index contributed by atoms with van der Waals surface area (Å²) in [6.07, 6.45) is 7.66. The van der Waals surface area contributed by atoms with Crippen LogP contribution in [-0.2, 0) is 15.9 Å². The maximum absolute atomic E-state index is 15.0. The molecule has 0 radical (unpaired) electrons. The summed E-state index contributed by atoms with van der Waals surface area (Å²) < 4.78 is 78.3. The van der Waals surface area contributed by atoms with Crippen LogP contribution in [0, 0.1) is 29.5 Å². The van der Waals surface area contributed by atoms with Crippen molar-refractivity contribution in [3.8, 4) is 0 Å². The molecule has 4 rings (SSSR count). The molecular formula is C32H45F5O2. The van der Waals surface area contributed by atoms with Crippen LogP contribution in [0.2, 0.25) is 0 Å². The van der Waals surface area contributed by atoms with Crippen molar-refractivity contribution >= 4 is 0 Å². The molecule has 0 unspecified atom stereocenters. The number of aryl methyl sites for hydroxylation is 1. The average molecular weight is 557 g/mol. The van der Waals surface area contributed by atoms with Gasteiger partial charge in [0.2, 0.25) is 0 Å². The number of benzene rings is 1. The average Bonchev–Trinajstić information content (AvgIpc) is 2.92. The maximum Gasteiger partial charge on any atom is 0.412 e. The summed E-state index contributed by atoms with van der Waals surface area (Å²) >= 11 is 0. The molecule has 2 saturated carbocycles. The quantitative estimate of drug-likeness (QED) is 0.211. The van der Waals surface area contributed by atoms with Crippen molar-refractivity contribution in [2.45, 2.75) is 115 Å². The number of hydrogen-bond acceptors (Lipinski definition) is 2. The fraction of sp³-hybridized carbons (Fsp3) is 0.750. The number of halogens is 5. The van der Waals surface area contributed by atoms with E-state index in [0.29, 0.717) is 61.3 Å². The molecular weight excluding hydrogens is 511 g/mol. The Balaban J connectivity index is 1.17. The van der Waals surface area contributed by atoms with Gasteiger partial charge in [-0.2, -0.15) is 13.2 Å². The van der Waals surface area contributed by atoms with Gasteiger partial charge in [-0.25, -0.2) is 8.78 Å². The van der Waals surface area contributed by atoms with Crippen LogP contribution < -0.4 is 0 Å². The second-order valence-electron chi connectivity index (χ2n) is 12.2. The lowest BCUT2D eigenvalue weighted by molar-refractivity contribution is -0.229. The lowest BCUT2D eigenvalue weighted by atomic mass is 9.77. The third kappa shape index (κ3) is 9.27. The highest BCUT2D eigenvalue weighted by Gasteiger charge is 2.33. The predicted molar refractivity (Wildman–Crippen MR) is 143 cm³/mol. The van der Waals surface area contributed by atoms with E-state index in [4.69, 9.17) is 9.47 Å². The molecule has 0 spiro atoms. The molecule has 1 heterocycles. The van der Waals surface area contributed by atoms with Gasteiger partial charge in [0.1, 0.15) is 11.6 Å². The largest absolute Gasteiger partial charge is 0.412 e. The molecule has 0 aromatic heterocycles. The second kappa shape index (κ2) is 14.4. The minimum Gasteiger partial charge on any atom is -0.352 e. The van der Waals surface area contributed by atoms with Crippen LogP contribution in [0.25, 0.3) is 0 Å². The molecule has 39 heavy (non-hydrogen) atoms. The molecule has 0 amide bonds. The van der Waals surface area contributed by atoms with E-state index >= 15 is 0 Å². The molecule has 3 aliphatic rings. The molecule has 7 heteroatoms. The molecule has 2 nitrogen and oxygen atoms in total. The Morgan fingerprint density at radius 1 is 0.897 bits per heavy atom. The van der Waals surface area contributed by atoms with Gasteiger partial charge in [0.15, 0.2) is 6.29 Å². The monoisotopic (exact) mass is 556 g/mol. The third-order valence-corrected chi connectivity index (χ3v) is 9.27. The van der Waals surface area contributed by atoms with Gasteiger partial charge < -0.3 is 9.47 Å². The lowest BCUT2D eigenvalue weighted by Gasteiger charge is -2.37. The van der Waals surface area contributed by atoms with Crippen LogP contribution >= 0.6 is 0 Å². The molecule has 220 valence electrons. The minimum atomic E-state index is -4.61. The number of ether oxygens (including phenoxy) is 2.